The molecule has 0 aromatic heterocycles. The lowest BCUT2D eigenvalue weighted by Crippen LogP contribution is -1.68. The van der Waals surface area contributed by atoms with Crippen LogP contribution in [0.15, 0.2) is 34.2 Å². The van der Waals surface area contributed by atoms with Crippen molar-refractivity contribution in [3.8, 4) is 0 Å². The molecule has 0 atom stereocenters. The van der Waals surface area contributed by atoms with Crippen LogP contribution in [0.5, 0.6) is 0 Å². The van der Waals surface area contributed by atoms with E-state index in [1.165, 1.54) is 12.2 Å². The van der Waals surface area contributed by atoms with E-state index in [-0.39, 0.29) is 5.83 Å². The van der Waals surface area contributed by atoms with Crippen molar-refractivity contribution in [1.82, 2.24) is 0 Å². The summed E-state index contributed by atoms with van der Waals surface area (Å²) in [5, 5.41) is 0.758. The lowest BCUT2D eigenvalue weighted by molar-refractivity contribution is 0.668. The van der Waals surface area contributed by atoms with Gasteiger partial charge in [0.05, 0.1) is 0 Å². The smallest absolute Gasteiger partial charge is 0.122 e. The van der Waals surface area contributed by atoms with Crippen molar-refractivity contribution in [2.24, 2.45) is 0 Å². The van der Waals surface area contributed by atoms with Crippen LogP contribution in [0.3, 0.4) is 0 Å². The van der Waals surface area contributed by atoms with E-state index >= 15 is 0 Å². The van der Waals surface area contributed by atoms with Crippen molar-refractivity contribution in [1.29, 1.82) is 0 Å². The Morgan fingerprint density at radius 2 is 2.20 bits per heavy atom. The third kappa shape index (κ3) is 5.17. The number of hydrogen-bond donors (Lipinski definition) is 0. The van der Waals surface area contributed by atoms with Gasteiger partial charge in [0.15, 0.2) is 0 Å². The largest absolute Gasteiger partial charge is 0.207 e. The first kappa shape index (κ1) is 10.4. The van der Waals surface area contributed by atoms with Gasteiger partial charge in [0.2, 0.25) is 0 Å². The van der Waals surface area contributed by atoms with Gasteiger partial charge in [-0.2, -0.15) is 0 Å². The lowest BCUT2D eigenvalue weighted by Gasteiger charge is -1.85. The molecule has 0 nitrogen and oxygen atoms in total. The van der Waals surface area contributed by atoms with Crippen LogP contribution >= 0.6 is 38.5 Å². The number of hydrogen-bond acceptors (Lipinski definition) is 0. The summed E-state index contributed by atoms with van der Waals surface area (Å²) in [6.45, 7) is 3.28. The maximum absolute atomic E-state index is 12.3. The predicted octanol–water partition coefficient (Wildman–Crippen LogP) is 3.74. The van der Waals surface area contributed by atoms with Crippen LogP contribution in [0, 0.1) is 0 Å². The standard InChI is InChI=1S/C7H7BrFI/c1-2-6(9)3-4-7(10)5-8/h2-4H,1,5H2/b6-3+,7-4+. The Morgan fingerprint density at radius 1 is 1.60 bits per heavy atom. The zero-order valence-electron chi connectivity index (χ0n) is 5.28. The van der Waals surface area contributed by atoms with E-state index in [4.69, 9.17) is 0 Å². The van der Waals surface area contributed by atoms with Gasteiger partial charge in [-0.3, -0.25) is 0 Å². The summed E-state index contributed by atoms with van der Waals surface area (Å²) < 4.78 is 13.4. The van der Waals surface area contributed by atoms with E-state index in [1.54, 1.807) is 6.08 Å². The molecule has 0 spiro atoms. The van der Waals surface area contributed by atoms with Gasteiger partial charge in [0, 0.05) is 8.91 Å². The van der Waals surface area contributed by atoms with E-state index in [9.17, 15) is 4.39 Å². The molecule has 0 amide bonds. The summed E-state index contributed by atoms with van der Waals surface area (Å²) in [7, 11) is 0. The van der Waals surface area contributed by atoms with Gasteiger partial charge in [-0.05, 0) is 40.8 Å². The second-order valence-electron chi connectivity index (χ2n) is 1.50. The molecule has 0 bridgehead atoms. The fourth-order valence-corrected chi connectivity index (χ4v) is 0.649. The van der Waals surface area contributed by atoms with Crippen LogP contribution in [-0.4, -0.2) is 5.33 Å². The number of rotatable bonds is 3. The number of halogens is 3. The minimum absolute atomic E-state index is 0.310. The zero-order chi connectivity index (χ0) is 7.98. The Kier molecular flexibility index (Phi) is 6.31. The second-order valence-corrected chi connectivity index (χ2v) is 3.45. The van der Waals surface area contributed by atoms with Gasteiger partial charge in [0.25, 0.3) is 0 Å². The molecule has 0 N–H and O–H groups in total. The molecule has 10 heavy (non-hydrogen) atoms. The summed E-state index contributed by atoms with van der Waals surface area (Å²) in [4.78, 5) is 0. The van der Waals surface area contributed by atoms with E-state index in [2.05, 4.69) is 45.1 Å². The third-order valence-corrected chi connectivity index (χ3v) is 3.14. The fourth-order valence-electron chi connectivity index (χ4n) is 0.283. The first-order valence-electron chi connectivity index (χ1n) is 2.61. The highest BCUT2D eigenvalue weighted by Gasteiger charge is 1.85. The summed E-state index contributed by atoms with van der Waals surface area (Å²) in [6.07, 6.45) is 4.26. The first-order valence-corrected chi connectivity index (χ1v) is 4.81. The Morgan fingerprint density at radius 3 is 2.60 bits per heavy atom. The number of allylic oxidation sites excluding steroid dienone is 5. The van der Waals surface area contributed by atoms with E-state index < -0.39 is 0 Å². The van der Waals surface area contributed by atoms with Crippen molar-refractivity contribution < 1.29 is 4.39 Å². The van der Waals surface area contributed by atoms with E-state index in [0.29, 0.717) is 0 Å². The average Bonchev–Trinajstić information content (AvgIpc) is 1.99. The summed E-state index contributed by atoms with van der Waals surface area (Å²) >= 11 is 5.36. The maximum Gasteiger partial charge on any atom is 0.122 e. The van der Waals surface area contributed by atoms with E-state index in [1.807, 2.05) is 0 Å². The molecule has 56 valence electrons. The van der Waals surface area contributed by atoms with Crippen molar-refractivity contribution >= 4 is 38.5 Å². The molecule has 0 aliphatic rings. The highest BCUT2D eigenvalue weighted by atomic mass is 127. The molecule has 0 saturated carbocycles. The van der Waals surface area contributed by atoms with E-state index in [0.717, 1.165) is 8.91 Å². The van der Waals surface area contributed by atoms with Crippen LogP contribution in [0.25, 0.3) is 0 Å². The summed E-state index contributed by atoms with van der Waals surface area (Å²) in [5.41, 5.74) is 0. The molecule has 0 aliphatic heterocycles. The summed E-state index contributed by atoms with van der Waals surface area (Å²) in [5.74, 6) is -0.310. The van der Waals surface area contributed by atoms with Crippen molar-refractivity contribution in [3.05, 3.63) is 34.2 Å². The average molecular weight is 317 g/mol. The van der Waals surface area contributed by atoms with Gasteiger partial charge in [-0.1, -0.05) is 22.5 Å². The van der Waals surface area contributed by atoms with Crippen molar-refractivity contribution in [3.63, 3.8) is 0 Å². The molecule has 0 fully saturated rings. The quantitative estimate of drug-likeness (QED) is 0.423. The Hall–Kier alpha value is 0.360. The van der Waals surface area contributed by atoms with Crippen LogP contribution < -0.4 is 0 Å². The molecule has 0 heterocycles. The van der Waals surface area contributed by atoms with Crippen LogP contribution in [-0.2, 0) is 0 Å². The molecule has 0 rings (SSSR count). The van der Waals surface area contributed by atoms with Gasteiger partial charge >= 0.3 is 0 Å². The molecular formula is C7H7BrFI. The first-order chi connectivity index (χ1) is 4.70. The third-order valence-electron chi connectivity index (χ3n) is 0.746. The molecule has 0 aromatic rings. The summed E-state index contributed by atoms with van der Waals surface area (Å²) in [6, 6.07) is 0. The maximum atomic E-state index is 12.3. The lowest BCUT2D eigenvalue weighted by atomic mass is 10.4. The molecule has 0 aromatic carbocycles. The minimum Gasteiger partial charge on any atom is -0.207 e. The van der Waals surface area contributed by atoms with Crippen LogP contribution in [0.2, 0.25) is 0 Å². The molecule has 0 radical (unpaired) electrons. The molecule has 0 aliphatic carbocycles. The van der Waals surface area contributed by atoms with Crippen LogP contribution in [0.1, 0.15) is 0 Å². The SMILES string of the molecule is C=C/C(F)=C\C=C(\I)CBr. The molecule has 0 saturated heterocycles. The minimum atomic E-state index is -0.310. The van der Waals surface area contributed by atoms with Crippen molar-refractivity contribution in [2.75, 3.05) is 5.33 Å². The fraction of sp³-hybridized carbons (Fsp3) is 0.143. The van der Waals surface area contributed by atoms with Gasteiger partial charge < -0.3 is 0 Å². The van der Waals surface area contributed by atoms with Gasteiger partial charge in [-0.25, -0.2) is 4.39 Å². The molecule has 3 heteroatoms. The zero-order valence-corrected chi connectivity index (χ0v) is 9.02. The Bertz CT molecular complexity index is 172. The van der Waals surface area contributed by atoms with Gasteiger partial charge in [0.1, 0.15) is 5.83 Å². The molecular weight excluding hydrogens is 310 g/mol. The predicted molar refractivity (Wildman–Crippen MR) is 55.3 cm³/mol. The monoisotopic (exact) mass is 316 g/mol. The van der Waals surface area contributed by atoms with Gasteiger partial charge in [-0.15, -0.1) is 0 Å². The highest BCUT2D eigenvalue weighted by molar-refractivity contribution is 14.1. The normalized spacial score (nSPS) is 13.5. The Balaban J connectivity index is 4.03. The van der Waals surface area contributed by atoms with Crippen molar-refractivity contribution in [2.45, 2.75) is 0 Å². The van der Waals surface area contributed by atoms with Crippen LogP contribution in [0.4, 0.5) is 4.39 Å². The number of alkyl halides is 1. The topological polar surface area (TPSA) is 0 Å². The Labute approximate surface area is 82.2 Å². The second kappa shape index (κ2) is 6.09. The highest BCUT2D eigenvalue weighted by Crippen LogP contribution is 2.10. The molecule has 0 unspecified atom stereocenters.